The summed E-state index contributed by atoms with van der Waals surface area (Å²) in [7, 11) is 1.76. The number of ether oxygens (including phenoxy) is 1. The molecule has 114 valence electrons. The van der Waals surface area contributed by atoms with Gasteiger partial charge in [-0.2, -0.15) is 0 Å². The van der Waals surface area contributed by atoms with Crippen LogP contribution in [0.1, 0.15) is 38.7 Å². The van der Waals surface area contributed by atoms with Gasteiger partial charge in [-0.3, -0.25) is 0 Å². The highest BCUT2D eigenvalue weighted by molar-refractivity contribution is 6.35. The van der Waals surface area contributed by atoms with Gasteiger partial charge in [-0.25, -0.2) is 0 Å². The molecule has 2 nitrogen and oxygen atoms in total. The van der Waals surface area contributed by atoms with Crippen LogP contribution in [0.2, 0.25) is 10.0 Å². The van der Waals surface area contributed by atoms with Crippen LogP contribution >= 0.6 is 23.2 Å². The molecule has 1 rings (SSSR count). The van der Waals surface area contributed by atoms with Crippen molar-refractivity contribution in [2.45, 2.75) is 51.7 Å². The Labute approximate surface area is 132 Å². The van der Waals surface area contributed by atoms with E-state index in [0.29, 0.717) is 17.2 Å². The summed E-state index contributed by atoms with van der Waals surface area (Å²) in [6, 6.07) is 6.15. The minimum atomic E-state index is 0.293. The first kappa shape index (κ1) is 17.8. The molecular formula is C16H25Cl2NO. The van der Waals surface area contributed by atoms with Crippen LogP contribution in [0.15, 0.2) is 18.2 Å². The Balaban J connectivity index is 2.62. The maximum Gasteiger partial charge on any atom is 0.0543 e. The van der Waals surface area contributed by atoms with Gasteiger partial charge in [0.25, 0.3) is 0 Å². The third-order valence-corrected chi connectivity index (χ3v) is 4.08. The van der Waals surface area contributed by atoms with E-state index in [1.807, 2.05) is 18.2 Å². The van der Waals surface area contributed by atoms with E-state index >= 15 is 0 Å². The lowest BCUT2D eigenvalue weighted by Crippen LogP contribution is -2.32. The molecule has 0 radical (unpaired) electrons. The molecule has 2 atom stereocenters. The number of methoxy groups -OCH3 is 1. The van der Waals surface area contributed by atoms with Crippen molar-refractivity contribution < 1.29 is 4.74 Å². The molecule has 20 heavy (non-hydrogen) atoms. The minimum Gasteiger partial charge on any atom is -0.382 e. The van der Waals surface area contributed by atoms with Gasteiger partial charge in [-0.15, -0.1) is 0 Å². The fourth-order valence-electron chi connectivity index (χ4n) is 2.13. The Morgan fingerprint density at radius 1 is 1.25 bits per heavy atom. The normalized spacial score (nSPS) is 14.2. The van der Waals surface area contributed by atoms with Crippen molar-refractivity contribution in [3.05, 3.63) is 33.8 Å². The molecule has 1 N–H and O–H groups in total. The number of rotatable bonds is 9. The van der Waals surface area contributed by atoms with Gasteiger partial charge in [0, 0.05) is 23.2 Å². The van der Waals surface area contributed by atoms with E-state index in [-0.39, 0.29) is 0 Å². The molecule has 0 fully saturated rings. The Bertz CT molecular complexity index is 398. The first-order valence-electron chi connectivity index (χ1n) is 7.26. The summed E-state index contributed by atoms with van der Waals surface area (Å²) in [5.41, 5.74) is 1.15. The SMILES string of the molecule is CCCNC(CCC(C)OC)Cc1ccc(Cl)cc1Cl. The predicted octanol–water partition coefficient (Wildman–Crippen LogP) is 4.72. The third kappa shape index (κ3) is 6.45. The molecule has 4 heteroatoms. The average Bonchev–Trinajstić information content (AvgIpc) is 2.43. The predicted molar refractivity (Wildman–Crippen MR) is 88.0 cm³/mol. The van der Waals surface area contributed by atoms with E-state index in [1.54, 1.807) is 7.11 Å². The van der Waals surface area contributed by atoms with Gasteiger partial charge in [0.05, 0.1) is 6.10 Å². The molecular weight excluding hydrogens is 293 g/mol. The molecule has 0 heterocycles. The van der Waals surface area contributed by atoms with Crippen molar-refractivity contribution in [1.29, 1.82) is 0 Å². The lowest BCUT2D eigenvalue weighted by Gasteiger charge is -2.21. The van der Waals surface area contributed by atoms with Crippen LogP contribution < -0.4 is 5.32 Å². The molecule has 0 bridgehead atoms. The molecule has 0 aromatic heterocycles. The van der Waals surface area contributed by atoms with E-state index < -0.39 is 0 Å². The van der Waals surface area contributed by atoms with Gasteiger partial charge in [-0.1, -0.05) is 36.2 Å². The number of nitrogens with one attached hydrogen (secondary N) is 1. The van der Waals surface area contributed by atoms with Crippen molar-refractivity contribution in [1.82, 2.24) is 5.32 Å². The third-order valence-electron chi connectivity index (χ3n) is 3.49. The van der Waals surface area contributed by atoms with Gasteiger partial charge in [0.1, 0.15) is 0 Å². The van der Waals surface area contributed by atoms with E-state index in [1.165, 1.54) is 0 Å². The summed E-state index contributed by atoms with van der Waals surface area (Å²) in [5, 5.41) is 5.03. The zero-order valence-electron chi connectivity index (χ0n) is 12.6. The van der Waals surface area contributed by atoms with Crippen LogP contribution in [0.4, 0.5) is 0 Å². The highest BCUT2D eigenvalue weighted by Gasteiger charge is 2.13. The summed E-state index contributed by atoms with van der Waals surface area (Å²) in [4.78, 5) is 0. The minimum absolute atomic E-state index is 0.293. The zero-order chi connectivity index (χ0) is 15.0. The smallest absolute Gasteiger partial charge is 0.0543 e. The topological polar surface area (TPSA) is 21.3 Å². The molecule has 0 saturated heterocycles. The van der Waals surface area contributed by atoms with Crippen LogP contribution in [0.25, 0.3) is 0 Å². The Morgan fingerprint density at radius 3 is 2.60 bits per heavy atom. The number of benzene rings is 1. The van der Waals surface area contributed by atoms with Crippen molar-refractivity contribution in [2.75, 3.05) is 13.7 Å². The molecule has 0 aliphatic carbocycles. The summed E-state index contributed by atoms with van der Waals surface area (Å²) in [5.74, 6) is 0. The standard InChI is InChI=1S/C16H25Cl2NO/c1-4-9-19-15(8-5-12(2)20-3)10-13-6-7-14(17)11-16(13)18/h6-7,11-12,15,19H,4-5,8-10H2,1-3H3. The molecule has 0 amide bonds. The van der Waals surface area contributed by atoms with Gasteiger partial charge in [-0.05, 0) is 56.8 Å². The molecule has 0 spiro atoms. The quantitative estimate of drug-likeness (QED) is 0.711. The molecule has 0 saturated carbocycles. The first-order chi connectivity index (χ1) is 9.56. The van der Waals surface area contributed by atoms with Crippen molar-refractivity contribution in [3.8, 4) is 0 Å². The number of hydrogen-bond donors (Lipinski definition) is 1. The molecule has 1 aromatic carbocycles. The Hall–Kier alpha value is -0.280. The molecule has 0 aliphatic rings. The van der Waals surface area contributed by atoms with Gasteiger partial charge >= 0.3 is 0 Å². The second kappa shape index (κ2) is 9.62. The Morgan fingerprint density at radius 2 is 2.00 bits per heavy atom. The summed E-state index contributed by atoms with van der Waals surface area (Å²) in [6.07, 6.45) is 4.47. The van der Waals surface area contributed by atoms with Gasteiger partial charge in [0.2, 0.25) is 0 Å². The average molecular weight is 318 g/mol. The maximum absolute atomic E-state index is 6.26. The second-order valence-electron chi connectivity index (χ2n) is 5.21. The highest BCUT2D eigenvalue weighted by atomic mass is 35.5. The van der Waals surface area contributed by atoms with Crippen molar-refractivity contribution in [2.24, 2.45) is 0 Å². The van der Waals surface area contributed by atoms with Crippen LogP contribution in [0.5, 0.6) is 0 Å². The highest BCUT2D eigenvalue weighted by Crippen LogP contribution is 2.23. The van der Waals surface area contributed by atoms with Crippen LogP contribution in [0, 0.1) is 0 Å². The summed E-state index contributed by atoms with van der Waals surface area (Å²) >= 11 is 12.2. The van der Waals surface area contributed by atoms with Gasteiger partial charge in [0.15, 0.2) is 0 Å². The first-order valence-corrected chi connectivity index (χ1v) is 8.02. The van der Waals surface area contributed by atoms with E-state index in [4.69, 9.17) is 27.9 Å². The molecule has 1 aromatic rings. The number of halogens is 2. The van der Waals surface area contributed by atoms with Crippen LogP contribution in [-0.4, -0.2) is 25.8 Å². The molecule has 2 unspecified atom stereocenters. The second-order valence-corrected chi connectivity index (χ2v) is 6.06. The summed E-state index contributed by atoms with van der Waals surface area (Å²) in [6.45, 7) is 5.31. The lowest BCUT2D eigenvalue weighted by atomic mass is 10.00. The fraction of sp³-hybridized carbons (Fsp3) is 0.625. The Kier molecular flexibility index (Phi) is 8.55. The maximum atomic E-state index is 6.26. The molecule has 0 aliphatic heterocycles. The monoisotopic (exact) mass is 317 g/mol. The van der Waals surface area contributed by atoms with E-state index in [2.05, 4.69) is 19.2 Å². The summed E-state index contributed by atoms with van der Waals surface area (Å²) < 4.78 is 5.32. The van der Waals surface area contributed by atoms with Gasteiger partial charge < -0.3 is 10.1 Å². The zero-order valence-corrected chi connectivity index (χ0v) is 14.1. The lowest BCUT2D eigenvalue weighted by molar-refractivity contribution is 0.106. The fourth-order valence-corrected chi connectivity index (χ4v) is 2.62. The van der Waals surface area contributed by atoms with E-state index in [0.717, 1.165) is 42.8 Å². The van der Waals surface area contributed by atoms with Crippen molar-refractivity contribution in [3.63, 3.8) is 0 Å². The number of hydrogen-bond acceptors (Lipinski definition) is 2. The van der Waals surface area contributed by atoms with E-state index in [9.17, 15) is 0 Å². The van der Waals surface area contributed by atoms with Crippen LogP contribution in [0.3, 0.4) is 0 Å². The van der Waals surface area contributed by atoms with Crippen LogP contribution in [-0.2, 0) is 11.2 Å². The largest absolute Gasteiger partial charge is 0.382 e. The van der Waals surface area contributed by atoms with Crippen molar-refractivity contribution >= 4 is 23.2 Å².